The molecule has 11 heteroatoms. The summed E-state index contributed by atoms with van der Waals surface area (Å²) in [6, 6.07) is 4.08. The van der Waals surface area contributed by atoms with E-state index >= 15 is 0 Å². The molecule has 0 unspecified atom stereocenters. The Labute approximate surface area is 153 Å². The number of hydrogen-bond acceptors (Lipinski definition) is 3. The van der Waals surface area contributed by atoms with E-state index in [2.05, 4.69) is 15.3 Å². The first kappa shape index (κ1) is 18.3. The van der Waals surface area contributed by atoms with Crippen LogP contribution >= 0.6 is 0 Å². The van der Waals surface area contributed by atoms with Crippen LogP contribution in [0.2, 0.25) is 0 Å². The number of hydrogen-bond donors (Lipinski definition) is 1. The second kappa shape index (κ2) is 5.69. The zero-order valence-corrected chi connectivity index (χ0v) is 14.0. The molecule has 1 N–H and O–H groups in total. The first-order valence-corrected chi connectivity index (χ1v) is 7.93. The van der Waals surface area contributed by atoms with Crippen molar-refractivity contribution in [2.75, 3.05) is 5.32 Å². The molecule has 1 aliphatic heterocycles. The number of nitrogens with zero attached hydrogens (tertiary/aromatic N) is 3. The van der Waals surface area contributed by atoms with Crippen LogP contribution in [0.25, 0.3) is 16.9 Å². The maximum atomic E-state index is 13.5. The Morgan fingerprint density at radius 3 is 2.39 bits per heavy atom. The molecule has 0 fully saturated rings. The van der Waals surface area contributed by atoms with Gasteiger partial charge >= 0.3 is 12.4 Å². The average molecular weight is 400 g/mol. The lowest BCUT2D eigenvalue weighted by Crippen LogP contribution is -2.15. The fraction of sp³-hybridized carbons (Fsp3) is 0.235. The van der Waals surface area contributed by atoms with E-state index in [0.29, 0.717) is 27.4 Å². The summed E-state index contributed by atoms with van der Waals surface area (Å²) in [5, 5.41) is 2.60. The van der Waals surface area contributed by atoms with Gasteiger partial charge in [0.15, 0.2) is 5.65 Å². The highest BCUT2D eigenvalue weighted by molar-refractivity contribution is 6.00. The third kappa shape index (κ3) is 2.86. The van der Waals surface area contributed by atoms with Crippen LogP contribution in [0.5, 0.6) is 0 Å². The van der Waals surface area contributed by atoms with E-state index in [4.69, 9.17) is 0 Å². The van der Waals surface area contributed by atoms with E-state index in [0.717, 1.165) is 6.07 Å². The van der Waals surface area contributed by atoms with E-state index in [1.54, 1.807) is 6.92 Å². The van der Waals surface area contributed by atoms with E-state index in [9.17, 15) is 31.1 Å². The van der Waals surface area contributed by atoms with Gasteiger partial charge in [-0.05, 0) is 42.3 Å². The Morgan fingerprint density at radius 1 is 1.04 bits per heavy atom. The van der Waals surface area contributed by atoms with Gasteiger partial charge in [0.25, 0.3) is 0 Å². The van der Waals surface area contributed by atoms with Crippen molar-refractivity contribution in [3.05, 3.63) is 46.9 Å². The second-order valence-electron chi connectivity index (χ2n) is 6.33. The van der Waals surface area contributed by atoms with Crippen molar-refractivity contribution in [1.29, 1.82) is 0 Å². The minimum absolute atomic E-state index is 0.0424. The molecule has 0 saturated carbocycles. The molecule has 5 nitrogen and oxygen atoms in total. The molecule has 28 heavy (non-hydrogen) atoms. The zero-order valence-electron chi connectivity index (χ0n) is 14.0. The lowest BCUT2D eigenvalue weighted by molar-refractivity contribution is -0.145. The maximum Gasteiger partial charge on any atom is 0.450 e. The van der Waals surface area contributed by atoms with Gasteiger partial charge in [0.1, 0.15) is 11.2 Å². The van der Waals surface area contributed by atoms with Crippen LogP contribution in [0.1, 0.15) is 22.6 Å². The second-order valence-corrected chi connectivity index (χ2v) is 6.33. The Kier molecular flexibility index (Phi) is 3.71. The van der Waals surface area contributed by atoms with Crippen molar-refractivity contribution in [2.45, 2.75) is 25.7 Å². The van der Waals surface area contributed by atoms with Gasteiger partial charge in [-0.15, -0.1) is 0 Å². The molecule has 0 atom stereocenters. The molecule has 1 aliphatic rings. The number of carbonyl (C=O) groups excluding carboxylic acids is 1. The Morgan fingerprint density at radius 2 is 1.75 bits per heavy atom. The Hall–Kier alpha value is -3.11. The number of pyridine rings is 1. The largest absolute Gasteiger partial charge is 0.450 e. The number of halogens is 6. The van der Waals surface area contributed by atoms with E-state index in [-0.39, 0.29) is 23.5 Å². The molecule has 0 bridgehead atoms. The number of aryl methyl sites for hydroxylation is 1. The van der Waals surface area contributed by atoms with Crippen molar-refractivity contribution >= 4 is 22.8 Å². The van der Waals surface area contributed by atoms with Crippen LogP contribution in [-0.4, -0.2) is 20.4 Å². The number of aromatic nitrogens is 3. The summed E-state index contributed by atoms with van der Waals surface area (Å²) in [5.74, 6) is -1.72. The van der Waals surface area contributed by atoms with Gasteiger partial charge in [-0.3, -0.25) is 9.36 Å². The summed E-state index contributed by atoms with van der Waals surface area (Å²) in [6.07, 6.45) is -9.80. The zero-order chi connectivity index (χ0) is 20.4. The van der Waals surface area contributed by atoms with Gasteiger partial charge in [-0.1, -0.05) is 0 Å². The fourth-order valence-electron chi connectivity index (χ4n) is 3.19. The third-order valence-electron chi connectivity index (χ3n) is 4.32. The van der Waals surface area contributed by atoms with Gasteiger partial charge in [0.05, 0.1) is 6.42 Å². The molecule has 0 spiro atoms. The molecule has 0 saturated heterocycles. The standard InChI is InChI=1S/C17H10F6N4O/c1-7-4-9(5-8-6-12(28)26-13(7)8)27-14-10(24-15(27)17(21,22)23)2-3-11(25-14)16(18,19)20/h2-5H,6H2,1H3,(H,26,28). The number of carbonyl (C=O) groups is 1. The van der Waals surface area contributed by atoms with Crippen LogP contribution in [0.4, 0.5) is 32.0 Å². The summed E-state index contributed by atoms with van der Waals surface area (Å²) < 4.78 is 80.2. The first-order chi connectivity index (χ1) is 12.9. The van der Waals surface area contributed by atoms with Crippen molar-refractivity contribution in [1.82, 2.24) is 14.5 Å². The van der Waals surface area contributed by atoms with Gasteiger partial charge in [0.2, 0.25) is 11.7 Å². The number of alkyl halides is 6. The third-order valence-corrected chi connectivity index (χ3v) is 4.32. The lowest BCUT2D eigenvalue weighted by atomic mass is 10.1. The summed E-state index contributed by atoms with van der Waals surface area (Å²) in [4.78, 5) is 18.4. The molecule has 0 aliphatic carbocycles. The first-order valence-electron chi connectivity index (χ1n) is 7.93. The van der Waals surface area contributed by atoms with E-state index in [1.165, 1.54) is 12.1 Å². The van der Waals surface area contributed by atoms with E-state index in [1.807, 2.05) is 0 Å². The quantitative estimate of drug-likeness (QED) is 0.621. The van der Waals surface area contributed by atoms with Crippen LogP contribution in [0.15, 0.2) is 24.3 Å². The monoisotopic (exact) mass is 400 g/mol. The topological polar surface area (TPSA) is 59.8 Å². The predicted octanol–water partition coefficient (Wildman–Crippen LogP) is 4.26. The minimum Gasteiger partial charge on any atom is -0.325 e. The number of imidazole rings is 1. The molecule has 1 amide bonds. The summed E-state index contributed by atoms with van der Waals surface area (Å²) in [7, 11) is 0. The maximum absolute atomic E-state index is 13.5. The molecule has 3 aromatic rings. The van der Waals surface area contributed by atoms with Crippen molar-refractivity contribution in [3.8, 4) is 5.69 Å². The molecule has 2 aromatic heterocycles. The highest BCUT2D eigenvalue weighted by Gasteiger charge is 2.40. The number of rotatable bonds is 1. The van der Waals surface area contributed by atoms with Gasteiger partial charge in [-0.2, -0.15) is 26.3 Å². The number of benzene rings is 1. The Balaban J connectivity index is 2.03. The molecular formula is C17H10F6N4O. The molecule has 146 valence electrons. The van der Waals surface area contributed by atoms with Gasteiger partial charge in [0, 0.05) is 11.4 Å². The predicted molar refractivity (Wildman–Crippen MR) is 85.9 cm³/mol. The van der Waals surface area contributed by atoms with Crippen LogP contribution in [-0.2, 0) is 23.6 Å². The summed E-state index contributed by atoms with van der Waals surface area (Å²) >= 11 is 0. The molecular weight excluding hydrogens is 390 g/mol. The van der Waals surface area contributed by atoms with Crippen molar-refractivity contribution in [2.24, 2.45) is 0 Å². The van der Waals surface area contributed by atoms with Crippen LogP contribution in [0.3, 0.4) is 0 Å². The van der Waals surface area contributed by atoms with Crippen LogP contribution < -0.4 is 5.32 Å². The molecule has 3 heterocycles. The highest BCUT2D eigenvalue weighted by atomic mass is 19.4. The number of nitrogens with one attached hydrogen (secondary N) is 1. The average Bonchev–Trinajstić information content (AvgIpc) is 3.13. The van der Waals surface area contributed by atoms with Gasteiger partial charge < -0.3 is 5.32 Å². The minimum atomic E-state index is -4.93. The van der Waals surface area contributed by atoms with E-state index < -0.39 is 29.5 Å². The Bertz CT molecular complexity index is 1130. The lowest BCUT2D eigenvalue weighted by Gasteiger charge is -2.14. The fourth-order valence-corrected chi connectivity index (χ4v) is 3.19. The number of amides is 1. The smallest absolute Gasteiger partial charge is 0.325 e. The SMILES string of the molecule is Cc1cc(-n2c(C(F)(F)F)nc3ccc(C(F)(F)F)nc32)cc2c1NC(=O)C2. The molecule has 4 rings (SSSR count). The number of anilines is 1. The summed E-state index contributed by atoms with van der Waals surface area (Å²) in [6.45, 7) is 1.58. The number of fused-ring (bicyclic) bond motifs is 2. The highest BCUT2D eigenvalue weighted by Crippen LogP contribution is 2.37. The summed E-state index contributed by atoms with van der Waals surface area (Å²) in [5.41, 5.74) is -0.900. The normalized spacial score (nSPS) is 14.5. The van der Waals surface area contributed by atoms with Crippen LogP contribution in [0, 0.1) is 6.92 Å². The molecule has 0 radical (unpaired) electrons. The van der Waals surface area contributed by atoms with Gasteiger partial charge in [-0.25, -0.2) is 9.97 Å². The van der Waals surface area contributed by atoms with Crippen molar-refractivity contribution in [3.63, 3.8) is 0 Å². The van der Waals surface area contributed by atoms with Crippen molar-refractivity contribution < 1.29 is 31.1 Å². The molecule has 1 aromatic carbocycles.